The fourth-order valence-corrected chi connectivity index (χ4v) is 4.14. The van der Waals surface area contributed by atoms with E-state index in [0.717, 1.165) is 10.9 Å². The smallest absolute Gasteiger partial charge is 0.326 e. The van der Waals surface area contributed by atoms with Crippen LogP contribution in [0, 0.1) is 0 Å². The number of para-hydroxylation sites is 1. The standard InChI is InChI=1S/C26H37N7O8/c27-10-4-3-7-19(26(40)41)32-24(38)18(8-9-21(29)34)31-25(39)20(33-23(37)16(28)12-22(35)36)11-14-13-30-17-6-2-1-5-15(14)17/h1-2,5-6,13,16,18-20,30H,3-4,7-12,27-28H2,(H2,29,34)(H,31,39)(H,32,38)(H,33,37)(H,35,36)(H,40,41). The van der Waals surface area contributed by atoms with Crippen molar-refractivity contribution in [3.63, 3.8) is 0 Å². The minimum Gasteiger partial charge on any atom is -0.481 e. The summed E-state index contributed by atoms with van der Waals surface area (Å²) in [6.45, 7) is 0.344. The average Bonchev–Trinajstić information content (AvgIpc) is 3.32. The molecule has 1 aromatic heterocycles. The highest BCUT2D eigenvalue weighted by Crippen LogP contribution is 2.19. The van der Waals surface area contributed by atoms with Gasteiger partial charge in [0.25, 0.3) is 0 Å². The lowest BCUT2D eigenvalue weighted by Gasteiger charge is -2.25. The van der Waals surface area contributed by atoms with Crippen molar-refractivity contribution in [3.8, 4) is 0 Å². The van der Waals surface area contributed by atoms with Gasteiger partial charge in [0.15, 0.2) is 0 Å². The van der Waals surface area contributed by atoms with Gasteiger partial charge < -0.3 is 48.3 Å². The van der Waals surface area contributed by atoms with E-state index in [4.69, 9.17) is 22.3 Å². The summed E-state index contributed by atoms with van der Waals surface area (Å²) in [7, 11) is 0. The second-order valence-corrected chi connectivity index (χ2v) is 9.58. The van der Waals surface area contributed by atoms with Crippen LogP contribution in [0.15, 0.2) is 30.5 Å². The second-order valence-electron chi connectivity index (χ2n) is 9.58. The van der Waals surface area contributed by atoms with Crippen molar-refractivity contribution in [2.45, 2.75) is 69.1 Å². The molecule has 41 heavy (non-hydrogen) atoms. The minimum atomic E-state index is -1.45. The maximum atomic E-state index is 13.5. The summed E-state index contributed by atoms with van der Waals surface area (Å²) < 4.78 is 0. The quantitative estimate of drug-likeness (QED) is 0.0922. The third kappa shape index (κ3) is 10.5. The summed E-state index contributed by atoms with van der Waals surface area (Å²) >= 11 is 0. The third-order valence-corrected chi connectivity index (χ3v) is 6.34. The molecule has 15 nitrogen and oxygen atoms in total. The first-order valence-electron chi connectivity index (χ1n) is 13.1. The highest BCUT2D eigenvalue weighted by Gasteiger charge is 2.31. The zero-order chi connectivity index (χ0) is 30.5. The number of hydrogen-bond acceptors (Lipinski definition) is 8. The van der Waals surface area contributed by atoms with Crippen LogP contribution in [0.1, 0.15) is 44.1 Å². The first-order chi connectivity index (χ1) is 19.4. The van der Waals surface area contributed by atoms with Crippen molar-refractivity contribution in [2.24, 2.45) is 17.2 Å². The predicted octanol–water partition coefficient (Wildman–Crippen LogP) is -1.55. The Labute approximate surface area is 235 Å². The molecule has 0 aliphatic carbocycles. The van der Waals surface area contributed by atoms with Crippen LogP contribution in [0.3, 0.4) is 0 Å². The number of aromatic nitrogens is 1. The fourth-order valence-electron chi connectivity index (χ4n) is 4.14. The molecule has 4 atom stereocenters. The van der Waals surface area contributed by atoms with E-state index in [0.29, 0.717) is 24.9 Å². The molecule has 0 bridgehead atoms. The lowest BCUT2D eigenvalue weighted by molar-refractivity contribution is -0.142. The summed E-state index contributed by atoms with van der Waals surface area (Å²) in [5, 5.41) is 26.6. The van der Waals surface area contributed by atoms with Gasteiger partial charge in [0, 0.05) is 29.9 Å². The van der Waals surface area contributed by atoms with Gasteiger partial charge in [-0.25, -0.2) is 4.79 Å². The van der Waals surface area contributed by atoms with Crippen LogP contribution in [0.2, 0.25) is 0 Å². The number of fused-ring (bicyclic) bond motifs is 1. The Morgan fingerprint density at radius 1 is 0.854 bits per heavy atom. The molecule has 1 aromatic carbocycles. The second kappa shape index (κ2) is 15.9. The zero-order valence-electron chi connectivity index (χ0n) is 22.4. The van der Waals surface area contributed by atoms with Crippen molar-refractivity contribution in [3.05, 3.63) is 36.0 Å². The van der Waals surface area contributed by atoms with Gasteiger partial charge in [0.1, 0.15) is 18.1 Å². The van der Waals surface area contributed by atoms with Crippen molar-refractivity contribution in [1.82, 2.24) is 20.9 Å². The number of carboxylic acids is 2. The number of aliphatic carboxylic acids is 2. The number of primary amides is 1. The number of carbonyl (C=O) groups excluding carboxylic acids is 4. The molecule has 1 heterocycles. The molecule has 2 rings (SSSR count). The summed E-state index contributed by atoms with van der Waals surface area (Å²) in [5.41, 5.74) is 17.8. The Morgan fingerprint density at radius 2 is 1.49 bits per heavy atom. The molecule has 0 fully saturated rings. The SMILES string of the molecule is NCCCCC(NC(=O)C(CCC(N)=O)NC(=O)C(Cc1c[nH]c2ccccc12)NC(=O)C(N)CC(=O)O)C(=O)O. The molecule has 0 saturated heterocycles. The molecule has 15 heteroatoms. The third-order valence-electron chi connectivity index (χ3n) is 6.34. The van der Waals surface area contributed by atoms with E-state index >= 15 is 0 Å². The number of carboxylic acid groups (broad SMARTS) is 2. The topological polar surface area (TPSA) is 273 Å². The van der Waals surface area contributed by atoms with Gasteiger partial charge in [0.2, 0.25) is 23.6 Å². The Kier molecular flexibility index (Phi) is 12.7. The highest BCUT2D eigenvalue weighted by atomic mass is 16.4. The van der Waals surface area contributed by atoms with Crippen LogP contribution >= 0.6 is 0 Å². The van der Waals surface area contributed by atoms with Gasteiger partial charge in [-0.05, 0) is 43.9 Å². The van der Waals surface area contributed by atoms with Crippen LogP contribution in [0.4, 0.5) is 0 Å². The summed E-state index contributed by atoms with van der Waals surface area (Å²) in [5.74, 6) is -5.96. The van der Waals surface area contributed by atoms with Crippen LogP contribution in [-0.4, -0.2) is 81.5 Å². The van der Waals surface area contributed by atoms with E-state index in [1.807, 2.05) is 12.1 Å². The molecule has 4 amide bonds. The van der Waals surface area contributed by atoms with Gasteiger partial charge in [-0.2, -0.15) is 0 Å². The molecular formula is C26H37N7O8. The number of benzene rings is 1. The first-order valence-corrected chi connectivity index (χ1v) is 13.1. The van der Waals surface area contributed by atoms with E-state index in [2.05, 4.69) is 20.9 Å². The zero-order valence-corrected chi connectivity index (χ0v) is 22.4. The maximum absolute atomic E-state index is 13.5. The van der Waals surface area contributed by atoms with E-state index in [1.165, 1.54) is 0 Å². The molecule has 0 radical (unpaired) electrons. The van der Waals surface area contributed by atoms with Crippen LogP contribution in [0.25, 0.3) is 10.9 Å². The van der Waals surface area contributed by atoms with Crippen molar-refractivity contribution in [1.29, 1.82) is 0 Å². The van der Waals surface area contributed by atoms with Crippen molar-refractivity contribution in [2.75, 3.05) is 6.54 Å². The fraction of sp³-hybridized carbons (Fsp3) is 0.462. The molecule has 12 N–H and O–H groups in total. The number of aromatic amines is 1. The van der Waals surface area contributed by atoms with Gasteiger partial charge in [-0.1, -0.05) is 18.2 Å². The Balaban J connectivity index is 2.30. The van der Waals surface area contributed by atoms with E-state index in [9.17, 15) is 33.9 Å². The van der Waals surface area contributed by atoms with Crippen LogP contribution in [-0.2, 0) is 35.2 Å². The number of carbonyl (C=O) groups is 6. The molecular weight excluding hydrogens is 538 g/mol. The van der Waals surface area contributed by atoms with E-state index in [1.54, 1.807) is 18.3 Å². The number of amides is 4. The number of rotatable bonds is 18. The number of nitrogens with two attached hydrogens (primary N) is 3. The summed E-state index contributed by atoms with van der Waals surface area (Å²) in [4.78, 5) is 76.4. The van der Waals surface area contributed by atoms with Crippen LogP contribution < -0.4 is 33.2 Å². The molecule has 224 valence electrons. The average molecular weight is 576 g/mol. The number of H-pyrrole nitrogens is 1. The molecule has 0 aliphatic rings. The Hall–Kier alpha value is -4.50. The van der Waals surface area contributed by atoms with Gasteiger partial charge in [-0.15, -0.1) is 0 Å². The summed E-state index contributed by atoms with van der Waals surface area (Å²) in [6, 6.07) is 1.79. The van der Waals surface area contributed by atoms with E-state index < -0.39 is 66.2 Å². The maximum Gasteiger partial charge on any atom is 0.326 e. The monoisotopic (exact) mass is 575 g/mol. The number of unbranched alkanes of at least 4 members (excludes halogenated alkanes) is 1. The number of nitrogens with one attached hydrogen (secondary N) is 4. The van der Waals surface area contributed by atoms with Crippen LogP contribution in [0.5, 0.6) is 0 Å². The molecule has 0 spiro atoms. The highest BCUT2D eigenvalue weighted by molar-refractivity contribution is 5.95. The molecule has 0 aliphatic heterocycles. The largest absolute Gasteiger partial charge is 0.481 e. The Bertz CT molecular complexity index is 1250. The molecule has 2 aromatic rings. The summed E-state index contributed by atoms with van der Waals surface area (Å²) in [6.07, 6.45) is 1.42. The van der Waals surface area contributed by atoms with Gasteiger partial charge in [0.05, 0.1) is 12.5 Å². The predicted molar refractivity (Wildman–Crippen MR) is 147 cm³/mol. The van der Waals surface area contributed by atoms with E-state index in [-0.39, 0.29) is 25.7 Å². The molecule has 0 saturated carbocycles. The lowest BCUT2D eigenvalue weighted by Crippen LogP contribution is -2.57. The first kappa shape index (κ1) is 32.7. The van der Waals surface area contributed by atoms with Gasteiger partial charge >= 0.3 is 11.9 Å². The Morgan fingerprint density at radius 3 is 2.12 bits per heavy atom. The number of hydrogen-bond donors (Lipinski definition) is 9. The minimum absolute atomic E-state index is 0.0671. The van der Waals surface area contributed by atoms with Crippen molar-refractivity contribution >= 4 is 46.5 Å². The lowest BCUT2D eigenvalue weighted by atomic mass is 10.0. The van der Waals surface area contributed by atoms with Gasteiger partial charge in [-0.3, -0.25) is 24.0 Å². The normalized spacial score (nSPS) is 13.9. The molecule has 4 unspecified atom stereocenters. The van der Waals surface area contributed by atoms with Crippen molar-refractivity contribution < 1.29 is 39.0 Å².